The molecule has 2 aromatic heterocycles. The summed E-state index contributed by atoms with van der Waals surface area (Å²) in [6.07, 6.45) is 3.85. The number of hydrogen-bond acceptors (Lipinski definition) is 6. The van der Waals surface area contributed by atoms with Gasteiger partial charge in [-0.15, -0.1) is 10.2 Å². The number of rotatable bonds is 5. The highest BCUT2D eigenvalue weighted by molar-refractivity contribution is 6.04. The number of aryl methyl sites for hydroxylation is 1. The average molecular weight is 404 g/mol. The fourth-order valence-electron chi connectivity index (χ4n) is 4.55. The molecule has 1 saturated carbocycles. The van der Waals surface area contributed by atoms with Crippen LogP contribution in [0, 0.1) is 12.8 Å². The molecule has 3 heterocycles. The van der Waals surface area contributed by atoms with E-state index in [9.17, 15) is 9.90 Å². The minimum absolute atomic E-state index is 0.0174. The van der Waals surface area contributed by atoms with Crippen LogP contribution in [0.25, 0.3) is 22.7 Å². The third-order valence-electron chi connectivity index (χ3n) is 5.91. The van der Waals surface area contributed by atoms with Crippen LogP contribution in [-0.2, 0) is 6.54 Å². The Bertz CT molecular complexity index is 1110. The monoisotopic (exact) mass is 404 g/mol. The molecule has 5 rings (SSSR count). The summed E-state index contributed by atoms with van der Waals surface area (Å²) < 4.78 is 5.44. The molecule has 0 spiro atoms. The van der Waals surface area contributed by atoms with Gasteiger partial charge in [0.1, 0.15) is 5.69 Å². The highest BCUT2D eigenvalue weighted by atomic mass is 16.4. The van der Waals surface area contributed by atoms with Gasteiger partial charge in [-0.1, -0.05) is 24.3 Å². The van der Waals surface area contributed by atoms with Gasteiger partial charge in [-0.2, -0.15) is 0 Å². The molecule has 1 aliphatic heterocycles. The van der Waals surface area contributed by atoms with Gasteiger partial charge in [0, 0.05) is 25.2 Å². The molecule has 2 aliphatic rings. The summed E-state index contributed by atoms with van der Waals surface area (Å²) in [5.41, 5.74) is 3.05. The molecule has 0 radical (unpaired) electrons. The summed E-state index contributed by atoms with van der Waals surface area (Å²) in [6.45, 7) is 5.86. The van der Waals surface area contributed by atoms with Crippen LogP contribution in [0.5, 0.6) is 0 Å². The molecule has 7 heteroatoms. The molecule has 0 bridgehead atoms. The fraction of sp³-hybridized carbons (Fsp3) is 0.391. The van der Waals surface area contributed by atoms with Crippen LogP contribution in [0.3, 0.4) is 0 Å². The van der Waals surface area contributed by atoms with Crippen molar-refractivity contribution in [2.75, 3.05) is 0 Å². The topological polar surface area (TPSA) is 92.4 Å². The predicted molar refractivity (Wildman–Crippen MR) is 110 cm³/mol. The lowest BCUT2D eigenvalue weighted by atomic mass is 9.93. The Morgan fingerprint density at radius 2 is 2.00 bits per heavy atom. The Kier molecular flexibility index (Phi) is 4.25. The van der Waals surface area contributed by atoms with Crippen molar-refractivity contribution in [1.29, 1.82) is 0 Å². The van der Waals surface area contributed by atoms with Crippen molar-refractivity contribution in [1.82, 2.24) is 20.1 Å². The average Bonchev–Trinajstić information content (AvgIpc) is 3.35. The normalized spacial score (nSPS) is 17.3. The fourth-order valence-corrected chi connectivity index (χ4v) is 4.55. The minimum atomic E-state index is -0.940. The van der Waals surface area contributed by atoms with Crippen LogP contribution in [0.4, 0.5) is 0 Å². The molecule has 30 heavy (non-hydrogen) atoms. The number of fused-ring (bicyclic) bond motifs is 1. The third-order valence-corrected chi connectivity index (χ3v) is 5.91. The van der Waals surface area contributed by atoms with Gasteiger partial charge in [-0.3, -0.25) is 9.78 Å². The first-order valence-corrected chi connectivity index (χ1v) is 10.2. The second kappa shape index (κ2) is 6.74. The zero-order chi connectivity index (χ0) is 21.0. The second-order valence-corrected chi connectivity index (χ2v) is 8.77. The Hall–Kier alpha value is -3.06. The van der Waals surface area contributed by atoms with E-state index in [0.717, 1.165) is 29.5 Å². The highest BCUT2D eigenvalue weighted by Crippen LogP contribution is 2.44. The Balaban J connectivity index is 1.49. The summed E-state index contributed by atoms with van der Waals surface area (Å²) in [5, 5.41) is 18.6. The number of hydrogen-bond donors (Lipinski definition) is 1. The number of pyridine rings is 1. The Labute approximate surface area is 174 Å². The largest absolute Gasteiger partial charge is 0.420 e. The van der Waals surface area contributed by atoms with Crippen LogP contribution >= 0.6 is 0 Å². The van der Waals surface area contributed by atoms with Gasteiger partial charge in [0.2, 0.25) is 5.89 Å². The van der Waals surface area contributed by atoms with Crippen molar-refractivity contribution in [3.05, 3.63) is 53.5 Å². The summed E-state index contributed by atoms with van der Waals surface area (Å²) in [7, 11) is 0. The van der Waals surface area contributed by atoms with Gasteiger partial charge in [-0.25, -0.2) is 0 Å². The van der Waals surface area contributed by atoms with Crippen molar-refractivity contribution in [2.24, 2.45) is 5.92 Å². The number of benzene rings is 1. The molecule has 0 unspecified atom stereocenters. The van der Waals surface area contributed by atoms with Crippen molar-refractivity contribution >= 4 is 5.91 Å². The molecule has 1 atom stereocenters. The summed E-state index contributed by atoms with van der Waals surface area (Å²) >= 11 is 0. The molecule has 1 aliphatic carbocycles. The molecule has 1 N–H and O–H groups in total. The van der Waals surface area contributed by atoms with Crippen molar-refractivity contribution in [3.8, 4) is 22.7 Å². The lowest BCUT2D eigenvalue weighted by Crippen LogP contribution is -2.51. The van der Waals surface area contributed by atoms with E-state index in [4.69, 9.17) is 4.42 Å². The first-order chi connectivity index (χ1) is 14.3. The molecule has 1 amide bonds. The summed E-state index contributed by atoms with van der Waals surface area (Å²) in [5.74, 6) is 1.21. The number of carbonyl (C=O) groups excluding carboxylic acids is 1. The SMILES string of the molecule is Cc1nnc(-c2ccc(-c3cccc4c3C(=O)N([C@H](C3CC3)C(C)(C)O)C4)cn2)o1. The van der Waals surface area contributed by atoms with Crippen LogP contribution in [0.15, 0.2) is 40.9 Å². The van der Waals surface area contributed by atoms with E-state index in [2.05, 4.69) is 15.2 Å². The standard InChI is InChI=1S/C23H24N4O3/c1-13-25-26-21(30-13)18-10-9-15(11-24-18)17-6-4-5-16-12-27(22(28)19(16)17)20(14-7-8-14)23(2,3)29/h4-6,9-11,14,20,29H,7-8,12H2,1-3H3/t20-/m1/s1. The number of carbonyl (C=O) groups is 1. The van der Waals surface area contributed by atoms with E-state index < -0.39 is 5.60 Å². The van der Waals surface area contributed by atoms with Crippen molar-refractivity contribution in [3.63, 3.8) is 0 Å². The van der Waals surface area contributed by atoms with E-state index in [0.29, 0.717) is 35.5 Å². The van der Waals surface area contributed by atoms with Gasteiger partial charge in [0.15, 0.2) is 0 Å². The summed E-state index contributed by atoms with van der Waals surface area (Å²) in [6, 6.07) is 9.48. The first kappa shape index (κ1) is 18.9. The maximum absolute atomic E-state index is 13.5. The highest BCUT2D eigenvalue weighted by Gasteiger charge is 2.48. The molecular formula is C23H24N4O3. The molecular weight excluding hydrogens is 380 g/mol. The number of amides is 1. The molecule has 0 saturated heterocycles. The zero-order valence-corrected chi connectivity index (χ0v) is 17.3. The van der Waals surface area contributed by atoms with E-state index in [1.165, 1.54) is 0 Å². The minimum Gasteiger partial charge on any atom is -0.420 e. The van der Waals surface area contributed by atoms with Crippen LogP contribution in [-0.4, -0.2) is 42.7 Å². The second-order valence-electron chi connectivity index (χ2n) is 8.77. The van der Waals surface area contributed by atoms with Crippen molar-refractivity contribution in [2.45, 2.75) is 51.8 Å². The van der Waals surface area contributed by atoms with E-state index in [1.54, 1.807) is 27.0 Å². The van der Waals surface area contributed by atoms with E-state index in [1.807, 2.05) is 35.2 Å². The number of nitrogens with zero attached hydrogens (tertiary/aromatic N) is 4. The smallest absolute Gasteiger partial charge is 0.266 e. The predicted octanol–water partition coefficient (Wildman–Crippen LogP) is 3.61. The lowest BCUT2D eigenvalue weighted by Gasteiger charge is -2.37. The van der Waals surface area contributed by atoms with Gasteiger partial charge < -0.3 is 14.4 Å². The lowest BCUT2D eigenvalue weighted by molar-refractivity contribution is -0.0224. The molecule has 3 aromatic rings. The van der Waals surface area contributed by atoms with Gasteiger partial charge in [-0.05, 0) is 49.8 Å². The Morgan fingerprint density at radius 1 is 1.20 bits per heavy atom. The van der Waals surface area contributed by atoms with Gasteiger partial charge in [0.25, 0.3) is 11.8 Å². The van der Waals surface area contributed by atoms with E-state index >= 15 is 0 Å². The van der Waals surface area contributed by atoms with Crippen molar-refractivity contribution < 1.29 is 14.3 Å². The maximum Gasteiger partial charge on any atom is 0.266 e. The van der Waals surface area contributed by atoms with Crippen LogP contribution in [0.1, 0.15) is 48.5 Å². The number of aliphatic hydroxyl groups is 1. The zero-order valence-electron chi connectivity index (χ0n) is 17.3. The van der Waals surface area contributed by atoms with E-state index in [-0.39, 0.29) is 11.9 Å². The Morgan fingerprint density at radius 3 is 2.60 bits per heavy atom. The number of aromatic nitrogens is 3. The molecule has 1 aromatic carbocycles. The van der Waals surface area contributed by atoms with Gasteiger partial charge in [0.05, 0.1) is 17.2 Å². The van der Waals surface area contributed by atoms with Crippen LogP contribution < -0.4 is 0 Å². The van der Waals surface area contributed by atoms with Gasteiger partial charge >= 0.3 is 0 Å². The molecule has 7 nitrogen and oxygen atoms in total. The third kappa shape index (κ3) is 3.19. The maximum atomic E-state index is 13.5. The summed E-state index contributed by atoms with van der Waals surface area (Å²) in [4.78, 5) is 19.8. The first-order valence-electron chi connectivity index (χ1n) is 10.2. The molecule has 1 fully saturated rings. The molecule has 154 valence electrons. The quantitative estimate of drug-likeness (QED) is 0.698. The van der Waals surface area contributed by atoms with Crippen LogP contribution in [0.2, 0.25) is 0 Å².